The van der Waals surface area contributed by atoms with Crippen molar-refractivity contribution in [2.75, 3.05) is 26.9 Å². The van der Waals surface area contributed by atoms with E-state index in [1.165, 1.54) is 0 Å². The van der Waals surface area contributed by atoms with Gasteiger partial charge < -0.3 is 20.1 Å². The molecule has 2 N–H and O–H groups in total. The summed E-state index contributed by atoms with van der Waals surface area (Å²) in [7, 11) is 1.59. The van der Waals surface area contributed by atoms with Crippen LogP contribution in [0.25, 0.3) is 0 Å². The van der Waals surface area contributed by atoms with Gasteiger partial charge >= 0.3 is 6.18 Å². The van der Waals surface area contributed by atoms with E-state index in [2.05, 4.69) is 20.6 Å². The fourth-order valence-corrected chi connectivity index (χ4v) is 3.12. The molecule has 29 heavy (non-hydrogen) atoms. The molecule has 160 valence electrons. The van der Waals surface area contributed by atoms with E-state index in [1.807, 2.05) is 32.0 Å². The number of ether oxygens (including phenoxy) is 2. The number of thiazole rings is 1. The Morgan fingerprint density at radius 3 is 2.62 bits per heavy atom. The normalized spacial score (nSPS) is 12.1. The molecule has 0 fully saturated rings. The van der Waals surface area contributed by atoms with E-state index in [0.717, 1.165) is 33.6 Å². The predicted octanol–water partition coefficient (Wildman–Crippen LogP) is 3.75. The quantitative estimate of drug-likeness (QED) is 0.360. The molecular formula is C19H25F3N4O2S. The van der Waals surface area contributed by atoms with E-state index in [-0.39, 0.29) is 6.54 Å². The summed E-state index contributed by atoms with van der Waals surface area (Å²) in [5.74, 6) is 1.21. The number of hydrogen-bond donors (Lipinski definition) is 2. The largest absolute Gasteiger partial charge is 0.491 e. The molecule has 0 aliphatic rings. The van der Waals surface area contributed by atoms with Gasteiger partial charge in [-0.25, -0.2) is 4.98 Å². The number of halogens is 3. The molecule has 10 heteroatoms. The Bertz CT molecular complexity index is 809. The third-order valence-corrected chi connectivity index (χ3v) is 4.68. The molecule has 0 saturated carbocycles. The van der Waals surface area contributed by atoms with E-state index in [4.69, 9.17) is 9.47 Å². The Morgan fingerprint density at radius 2 is 1.97 bits per heavy atom. The summed E-state index contributed by atoms with van der Waals surface area (Å²) in [5, 5.41) is 7.44. The number of nitrogens with one attached hydrogen (secondary N) is 2. The topological polar surface area (TPSA) is 67.8 Å². The van der Waals surface area contributed by atoms with Crippen molar-refractivity contribution in [1.82, 2.24) is 15.6 Å². The second kappa shape index (κ2) is 11.0. The third kappa shape index (κ3) is 7.54. The molecule has 0 bridgehead atoms. The summed E-state index contributed by atoms with van der Waals surface area (Å²) in [6.07, 6.45) is -4.43. The molecular weight excluding hydrogens is 405 g/mol. The number of aromatic nitrogens is 1. The number of aliphatic imine (C=N–C) groups is 1. The van der Waals surface area contributed by atoms with Crippen LogP contribution in [0.3, 0.4) is 0 Å². The van der Waals surface area contributed by atoms with Gasteiger partial charge in [-0.15, -0.1) is 11.3 Å². The van der Waals surface area contributed by atoms with Crippen LogP contribution in [0.1, 0.15) is 28.8 Å². The zero-order valence-corrected chi connectivity index (χ0v) is 17.4. The standard InChI is InChI=1S/C19H25F3N4O2S/c1-4-27-7-8-28-15-9-13(2)5-6-14(15)10-24-18(23-3)25-11-17-26-16(12-29-17)19(20,21)22/h5-6,9,12H,4,7-8,10-11H2,1-3H3,(H2,23,24,25). The first-order valence-electron chi connectivity index (χ1n) is 9.09. The van der Waals surface area contributed by atoms with Crippen LogP contribution in [0.15, 0.2) is 28.6 Å². The minimum atomic E-state index is -4.43. The van der Waals surface area contributed by atoms with Crippen LogP contribution in [0.2, 0.25) is 0 Å². The fraction of sp³-hybridized carbons (Fsp3) is 0.474. The Hall–Kier alpha value is -2.33. The van der Waals surface area contributed by atoms with Crippen molar-refractivity contribution >= 4 is 17.3 Å². The Balaban J connectivity index is 1.91. The lowest BCUT2D eigenvalue weighted by molar-refractivity contribution is -0.140. The number of aryl methyl sites for hydroxylation is 1. The molecule has 0 saturated heterocycles. The highest BCUT2D eigenvalue weighted by molar-refractivity contribution is 7.09. The van der Waals surface area contributed by atoms with Crippen LogP contribution < -0.4 is 15.4 Å². The molecule has 1 aromatic heterocycles. The van der Waals surface area contributed by atoms with Gasteiger partial charge in [-0.3, -0.25) is 4.99 Å². The van der Waals surface area contributed by atoms with Crippen molar-refractivity contribution in [1.29, 1.82) is 0 Å². The van der Waals surface area contributed by atoms with Crippen molar-refractivity contribution in [3.05, 3.63) is 45.4 Å². The first-order chi connectivity index (χ1) is 13.8. The SMILES string of the molecule is CCOCCOc1cc(C)ccc1CNC(=NC)NCc1nc(C(F)(F)F)cs1. The molecule has 0 aliphatic carbocycles. The number of benzene rings is 1. The van der Waals surface area contributed by atoms with E-state index in [9.17, 15) is 13.2 Å². The molecule has 1 aromatic carbocycles. The molecule has 6 nitrogen and oxygen atoms in total. The summed E-state index contributed by atoms with van der Waals surface area (Å²) >= 11 is 0.952. The monoisotopic (exact) mass is 430 g/mol. The van der Waals surface area contributed by atoms with Crippen LogP contribution >= 0.6 is 11.3 Å². The van der Waals surface area contributed by atoms with Crippen LogP contribution in [0.4, 0.5) is 13.2 Å². The maximum atomic E-state index is 12.6. The summed E-state index contributed by atoms with van der Waals surface area (Å²) in [6, 6.07) is 5.90. The minimum absolute atomic E-state index is 0.145. The van der Waals surface area contributed by atoms with Gasteiger partial charge in [-0.05, 0) is 25.5 Å². The van der Waals surface area contributed by atoms with Crippen LogP contribution in [-0.2, 0) is 24.0 Å². The molecule has 0 aliphatic heterocycles. The van der Waals surface area contributed by atoms with Crippen LogP contribution in [-0.4, -0.2) is 37.8 Å². The molecule has 1 heterocycles. The Kier molecular flexibility index (Phi) is 8.71. The summed E-state index contributed by atoms with van der Waals surface area (Å²) in [6.45, 7) is 6.09. The minimum Gasteiger partial charge on any atom is -0.491 e. The molecule has 0 atom stereocenters. The Morgan fingerprint density at radius 1 is 1.21 bits per heavy atom. The van der Waals surface area contributed by atoms with Gasteiger partial charge in [0.25, 0.3) is 0 Å². The van der Waals surface area contributed by atoms with Gasteiger partial charge in [-0.2, -0.15) is 13.2 Å². The average Bonchev–Trinajstić information content (AvgIpc) is 3.16. The lowest BCUT2D eigenvalue weighted by atomic mass is 10.1. The smallest absolute Gasteiger partial charge is 0.434 e. The highest BCUT2D eigenvalue weighted by Crippen LogP contribution is 2.29. The van der Waals surface area contributed by atoms with Crippen molar-refractivity contribution in [2.45, 2.75) is 33.1 Å². The fourth-order valence-electron chi connectivity index (χ4n) is 2.38. The van der Waals surface area contributed by atoms with Gasteiger partial charge in [0.1, 0.15) is 17.4 Å². The van der Waals surface area contributed by atoms with Crippen molar-refractivity contribution < 1.29 is 22.6 Å². The molecule has 2 rings (SSSR count). The zero-order valence-electron chi connectivity index (χ0n) is 16.6. The lowest BCUT2D eigenvalue weighted by Gasteiger charge is -2.15. The Labute approximate surface area is 172 Å². The van der Waals surface area contributed by atoms with E-state index in [1.54, 1.807) is 7.05 Å². The lowest BCUT2D eigenvalue weighted by Crippen LogP contribution is -2.36. The number of alkyl halides is 3. The summed E-state index contributed by atoms with van der Waals surface area (Å²) < 4.78 is 49.0. The number of rotatable bonds is 9. The second-order valence-corrected chi connectivity index (χ2v) is 7.00. The summed E-state index contributed by atoms with van der Waals surface area (Å²) in [4.78, 5) is 7.69. The van der Waals surface area contributed by atoms with Gasteiger partial charge in [0.2, 0.25) is 0 Å². The number of guanidine groups is 1. The summed E-state index contributed by atoms with van der Waals surface area (Å²) in [5.41, 5.74) is 1.13. The van der Waals surface area contributed by atoms with Crippen molar-refractivity contribution in [3.8, 4) is 5.75 Å². The second-order valence-electron chi connectivity index (χ2n) is 6.06. The van der Waals surface area contributed by atoms with E-state index < -0.39 is 11.9 Å². The van der Waals surface area contributed by atoms with Crippen molar-refractivity contribution in [2.24, 2.45) is 4.99 Å². The maximum Gasteiger partial charge on any atom is 0.434 e. The van der Waals surface area contributed by atoms with Crippen LogP contribution in [0.5, 0.6) is 5.75 Å². The van der Waals surface area contributed by atoms with Gasteiger partial charge in [0.15, 0.2) is 11.7 Å². The molecule has 2 aromatic rings. The highest BCUT2D eigenvalue weighted by atomic mass is 32.1. The van der Waals surface area contributed by atoms with Crippen LogP contribution in [0, 0.1) is 6.92 Å². The van der Waals surface area contributed by atoms with Crippen molar-refractivity contribution in [3.63, 3.8) is 0 Å². The first-order valence-corrected chi connectivity index (χ1v) is 9.97. The van der Waals surface area contributed by atoms with E-state index in [0.29, 0.717) is 37.3 Å². The zero-order chi connectivity index (χ0) is 21.3. The molecule has 0 amide bonds. The average molecular weight is 430 g/mol. The molecule has 0 spiro atoms. The third-order valence-electron chi connectivity index (χ3n) is 3.83. The maximum absolute atomic E-state index is 12.6. The number of nitrogens with zero attached hydrogens (tertiary/aromatic N) is 2. The first kappa shape index (κ1) is 23.0. The highest BCUT2D eigenvalue weighted by Gasteiger charge is 2.33. The van der Waals surface area contributed by atoms with Gasteiger partial charge in [-0.1, -0.05) is 12.1 Å². The number of hydrogen-bond acceptors (Lipinski definition) is 5. The molecule has 0 radical (unpaired) electrons. The van der Waals surface area contributed by atoms with Gasteiger partial charge in [0.05, 0.1) is 13.2 Å². The van der Waals surface area contributed by atoms with E-state index >= 15 is 0 Å². The predicted molar refractivity (Wildman–Crippen MR) is 107 cm³/mol. The van der Waals surface area contributed by atoms with Gasteiger partial charge in [0, 0.05) is 31.1 Å². The molecule has 0 unspecified atom stereocenters.